The molecule has 6 atom stereocenters. The number of benzene rings is 1. The van der Waals surface area contributed by atoms with Crippen LogP contribution < -0.4 is 16.4 Å². The topological polar surface area (TPSA) is 223 Å². The number of phenolic OH excluding ortho intramolecular Hbond substituents is 1. The van der Waals surface area contributed by atoms with Gasteiger partial charge < -0.3 is 41.9 Å². The predicted molar refractivity (Wildman–Crippen MR) is 154 cm³/mol. The predicted octanol–water partition coefficient (Wildman–Crippen LogP) is 1.44. The molecule has 13 nitrogen and oxygen atoms in total. The van der Waals surface area contributed by atoms with Gasteiger partial charge in [-0.3, -0.25) is 19.3 Å². The smallest absolute Gasteiger partial charge is 0.319 e. The van der Waals surface area contributed by atoms with Crippen molar-refractivity contribution >= 4 is 35.0 Å². The highest BCUT2D eigenvalue weighted by atomic mass is 16.4. The number of ketones is 2. The normalized spacial score (nSPS) is 28.8. The van der Waals surface area contributed by atoms with Crippen LogP contribution in [0, 0.1) is 11.8 Å². The third kappa shape index (κ3) is 4.80. The molecule has 1 saturated carbocycles. The number of rotatable bonds is 3. The van der Waals surface area contributed by atoms with Crippen molar-refractivity contribution in [1.82, 2.24) is 10.2 Å². The summed E-state index contributed by atoms with van der Waals surface area (Å²) in [5.74, 6) is -9.86. The lowest BCUT2D eigenvalue weighted by Gasteiger charge is -2.53. The molecule has 1 aromatic carbocycles. The Morgan fingerprint density at radius 3 is 2.14 bits per heavy atom. The quantitative estimate of drug-likeness (QED) is 0.187. The summed E-state index contributed by atoms with van der Waals surface area (Å²) in [4.78, 5) is 53.0. The van der Waals surface area contributed by atoms with E-state index >= 15 is 0 Å². The Bertz CT molecular complexity index is 1410. The third-order valence-corrected chi connectivity index (χ3v) is 7.87. The summed E-state index contributed by atoms with van der Waals surface area (Å²) in [6.07, 6.45) is -1.69. The molecule has 1 aromatic rings. The van der Waals surface area contributed by atoms with E-state index in [2.05, 4.69) is 10.6 Å². The first-order chi connectivity index (χ1) is 19.4. The lowest BCUT2D eigenvalue weighted by Crippen LogP contribution is -2.70. The summed E-state index contributed by atoms with van der Waals surface area (Å²) in [7, 11) is 2.87. The van der Waals surface area contributed by atoms with Crippen LogP contribution in [0.2, 0.25) is 0 Å². The molecule has 0 heterocycles. The summed E-state index contributed by atoms with van der Waals surface area (Å²) in [6.45, 7) is 10.9. The number of nitrogens with two attached hydrogens (primary N) is 1. The number of aliphatic hydroxyl groups is 4. The minimum Gasteiger partial charge on any atom is -0.508 e. The molecule has 0 bridgehead atoms. The van der Waals surface area contributed by atoms with Gasteiger partial charge in [-0.25, -0.2) is 4.79 Å². The molecule has 13 heteroatoms. The Morgan fingerprint density at radius 2 is 1.64 bits per heavy atom. The fourth-order valence-corrected chi connectivity index (χ4v) is 6.21. The molecular formula is C29H40N4O9. The van der Waals surface area contributed by atoms with Crippen LogP contribution in [-0.2, 0) is 14.4 Å². The summed E-state index contributed by atoms with van der Waals surface area (Å²) in [5.41, 5.74) is 0.237. The number of nitrogens with zero attached hydrogens (tertiary/aromatic N) is 1. The SMILES string of the molecule is CC.C[C@H]1c2ccc(NC(=O)NC(C)(C)C)c(O)c2C(O)=C2C(=O)[C@]3(O)C(O)=C(C(N)=O)C(=O)[C@@H](N(C)C)[C@@H]3[C@@H](O)[C@@H]21. The van der Waals surface area contributed by atoms with Crippen LogP contribution in [0.1, 0.15) is 58.6 Å². The van der Waals surface area contributed by atoms with Crippen molar-refractivity contribution in [1.29, 1.82) is 0 Å². The number of phenols is 1. The van der Waals surface area contributed by atoms with Crippen LogP contribution in [0.4, 0.5) is 10.5 Å². The summed E-state index contributed by atoms with van der Waals surface area (Å²) in [6, 6.07) is 0.837. The van der Waals surface area contributed by atoms with Gasteiger partial charge in [0, 0.05) is 17.0 Å². The zero-order valence-electron chi connectivity index (χ0n) is 24.9. The van der Waals surface area contributed by atoms with Crippen LogP contribution in [0.15, 0.2) is 29.0 Å². The van der Waals surface area contributed by atoms with Crippen molar-refractivity contribution in [3.63, 3.8) is 0 Å². The van der Waals surface area contributed by atoms with Crippen molar-refractivity contribution < 1.29 is 44.7 Å². The van der Waals surface area contributed by atoms with E-state index in [1.54, 1.807) is 27.7 Å². The van der Waals surface area contributed by atoms with E-state index in [9.17, 15) is 44.7 Å². The van der Waals surface area contributed by atoms with Crippen molar-refractivity contribution in [3.8, 4) is 5.75 Å². The molecule has 0 unspecified atom stereocenters. The number of Topliss-reactive ketones (excluding diaryl/α,β-unsaturated/α-hetero) is 2. The largest absolute Gasteiger partial charge is 0.508 e. The second-order valence-electron chi connectivity index (χ2n) is 11.8. The van der Waals surface area contributed by atoms with Crippen LogP contribution in [0.25, 0.3) is 5.76 Å². The fourth-order valence-electron chi connectivity index (χ4n) is 6.21. The number of hydrogen-bond donors (Lipinski definition) is 8. The number of carbonyl (C=O) groups excluding carboxylic acids is 4. The summed E-state index contributed by atoms with van der Waals surface area (Å²) >= 11 is 0. The molecule has 9 N–H and O–H groups in total. The number of anilines is 1. The van der Waals surface area contributed by atoms with E-state index in [0.717, 1.165) is 0 Å². The standard InChI is InChI=1S/C27H34N4O9.C2H6/c1-9-10-7-8-11(29-25(39)30-26(2,3)4)18(32)13(10)19(33)14-12(9)20(34)16-17(31(5)6)21(35)15(24(28)38)23(37)27(16,40)22(14)36;1-2/h7-9,12,16-17,20,32-34,37,40H,1-6H3,(H2,28,38)(H2,29,30,39);1-2H3/t9-,12+,16+,17-,20-,27-;/m0./s1. The molecule has 1 fully saturated rings. The lowest BCUT2D eigenvalue weighted by atomic mass is 9.54. The number of nitrogens with one attached hydrogen (secondary N) is 2. The Balaban J connectivity index is 0.00000237. The van der Waals surface area contributed by atoms with E-state index in [0.29, 0.717) is 5.56 Å². The maximum Gasteiger partial charge on any atom is 0.319 e. The average Bonchev–Trinajstić information content (AvgIpc) is 2.87. The third-order valence-electron chi connectivity index (χ3n) is 7.87. The van der Waals surface area contributed by atoms with Gasteiger partial charge in [0.25, 0.3) is 5.91 Å². The fraction of sp³-hybridized carbons (Fsp3) is 0.517. The molecule has 3 aliphatic rings. The molecular weight excluding hydrogens is 548 g/mol. The Hall–Kier alpha value is -3.94. The van der Waals surface area contributed by atoms with Gasteiger partial charge in [0.15, 0.2) is 11.4 Å². The van der Waals surface area contributed by atoms with Gasteiger partial charge in [-0.05, 0) is 52.4 Å². The molecule has 3 aliphatic carbocycles. The summed E-state index contributed by atoms with van der Waals surface area (Å²) in [5, 5.41) is 61.9. The van der Waals surface area contributed by atoms with Crippen LogP contribution in [-0.4, -0.2) is 91.3 Å². The number of fused-ring (bicyclic) bond motifs is 3. The van der Waals surface area contributed by atoms with Crippen LogP contribution in [0.5, 0.6) is 5.75 Å². The number of hydrogen-bond acceptors (Lipinski definition) is 10. The van der Waals surface area contributed by atoms with Crippen LogP contribution in [0.3, 0.4) is 0 Å². The van der Waals surface area contributed by atoms with E-state index in [1.807, 2.05) is 13.8 Å². The Morgan fingerprint density at radius 1 is 1.07 bits per heavy atom. The number of carbonyl (C=O) groups is 4. The maximum absolute atomic E-state index is 14.0. The second kappa shape index (κ2) is 11.0. The van der Waals surface area contributed by atoms with E-state index in [4.69, 9.17) is 5.73 Å². The van der Waals surface area contributed by atoms with E-state index in [1.165, 1.54) is 31.1 Å². The Labute approximate surface area is 243 Å². The lowest BCUT2D eigenvalue weighted by molar-refractivity contribution is -0.169. The molecule has 0 saturated heterocycles. The molecule has 4 rings (SSSR count). The first kappa shape index (κ1) is 32.6. The number of aromatic hydroxyl groups is 1. The van der Waals surface area contributed by atoms with Gasteiger partial charge in [0.2, 0.25) is 5.78 Å². The van der Waals surface area contributed by atoms with E-state index in [-0.39, 0.29) is 11.3 Å². The molecule has 0 radical (unpaired) electrons. The number of aliphatic hydroxyl groups excluding tert-OH is 3. The highest BCUT2D eigenvalue weighted by Crippen LogP contribution is 2.56. The zero-order valence-corrected chi connectivity index (χ0v) is 24.9. The first-order valence-corrected chi connectivity index (χ1v) is 13.6. The Kier molecular flexibility index (Phi) is 8.56. The number of amides is 3. The second-order valence-corrected chi connectivity index (χ2v) is 11.8. The van der Waals surface area contributed by atoms with Gasteiger partial charge >= 0.3 is 6.03 Å². The van der Waals surface area contributed by atoms with Crippen molar-refractivity contribution in [2.45, 2.75) is 70.7 Å². The van der Waals surface area contributed by atoms with Crippen molar-refractivity contribution in [2.24, 2.45) is 17.6 Å². The molecule has 0 aliphatic heterocycles. The minimum absolute atomic E-state index is 0.0895. The van der Waals surface area contributed by atoms with E-state index < -0.39 is 93.0 Å². The molecule has 3 amide bonds. The highest BCUT2D eigenvalue weighted by molar-refractivity contribution is 6.24. The molecule has 230 valence electrons. The monoisotopic (exact) mass is 588 g/mol. The zero-order chi connectivity index (χ0) is 32.2. The summed E-state index contributed by atoms with van der Waals surface area (Å²) < 4.78 is 0. The molecule has 0 spiro atoms. The van der Waals surface area contributed by atoms with Gasteiger partial charge in [-0.15, -0.1) is 0 Å². The first-order valence-electron chi connectivity index (χ1n) is 13.6. The van der Waals surface area contributed by atoms with Gasteiger partial charge in [0.05, 0.1) is 29.3 Å². The van der Waals surface area contributed by atoms with Crippen molar-refractivity contribution in [2.75, 3.05) is 19.4 Å². The van der Waals surface area contributed by atoms with Gasteiger partial charge in [-0.2, -0.15) is 0 Å². The number of likely N-dealkylation sites (N-methyl/N-ethyl adjacent to an activating group) is 1. The number of urea groups is 1. The average molecular weight is 589 g/mol. The highest BCUT2D eigenvalue weighted by Gasteiger charge is 2.68. The minimum atomic E-state index is -3.00. The van der Waals surface area contributed by atoms with Crippen LogP contribution >= 0.6 is 0 Å². The molecule has 42 heavy (non-hydrogen) atoms. The molecule has 0 aromatic heterocycles. The van der Waals surface area contributed by atoms with Crippen molar-refractivity contribution in [3.05, 3.63) is 40.2 Å². The van der Waals surface area contributed by atoms with Gasteiger partial charge in [-0.1, -0.05) is 26.8 Å². The van der Waals surface area contributed by atoms with Gasteiger partial charge in [0.1, 0.15) is 22.8 Å². The maximum atomic E-state index is 14.0. The number of primary amides is 1.